The first-order valence-electron chi connectivity index (χ1n) is 0.200. The second-order valence-electron chi connectivity index (χ2n) is 0. The third-order valence-corrected chi connectivity index (χ3v) is 0. The SMILES string of the molecule is SS.[Ag].[Nb]. The Labute approximate surface area is 67.4 Å². The van der Waals surface area contributed by atoms with Crippen molar-refractivity contribution in [2.75, 3.05) is 0 Å². The molecule has 0 N–H and O–H groups in total. The van der Waals surface area contributed by atoms with E-state index in [4.69, 9.17) is 0 Å². The summed E-state index contributed by atoms with van der Waals surface area (Å²) in [6.45, 7) is 0. The molecule has 0 fully saturated rings. The van der Waals surface area contributed by atoms with E-state index in [1.807, 2.05) is 0 Å². The number of thiol groups is 2. The van der Waals surface area contributed by atoms with Gasteiger partial charge in [0.05, 0.1) is 0 Å². The predicted octanol–water partition coefficient (Wildman–Crippen LogP) is 0.756. The zero-order valence-corrected chi connectivity index (χ0v) is 7.11. The van der Waals surface area contributed by atoms with E-state index < -0.39 is 0 Å². The summed E-state index contributed by atoms with van der Waals surface area (Å²) in [5.74, 6) is 0. The maximum absolute atomic E-state index is 3.22. The van der Waals surface area contributed by atoms with Crippen molar-refractivity contribution in [3.05, 3.63) is 0 Å². The molecule has 0 unspecified atom stereocenters. The van der Waals surface area contributed by atoms with Crippen LogP contribution in [0.4, 0.5) is 0 Å². The van der Waals surface area contributed by atoms with Crippen LogP contribution >= 0.6 is 23.3 Å². The van der Waals surface area contributed by atoms with Crippen LogP contribution < -0.4 is 0 Å². The molecule has 0 nitrogen and oxygen atoms in total. The number of hydrogen-bond acceptors (Lipinski definition) is 2. The van der Waals surface area contributed by atoms with Gasteiger partial charge in [-0.05, 0) is 0 Å². The molecular weight excluding hydrogens is 265 g/mol. The molecule has 0 aliphatic carbocycles. The maximum atomic E-state index is 3.22. The molecule has 0 aromatic carbocycles. The zero-order valence-electron chi connectivity index (χ0n) is 1.64. The molecule has 4 heavy (non-hydrogen) atoms. The average molecular weight is 267 g/mol. The minimum Gasteiger partial charge on any atom is -0.115 e. The van der Waals surface area contributed by atoms with Crippen LogP contribution in [-0.2, 0) is 44.8 Å². The molecular formula is H2AgNbS2. The van der Waals surface area contributed by atoms with Crippen LogP contribution in [0.25, 0.3) is 0 Å². The molecule has 0 bridgehead atoms. The fourth-order valence-electron chi connectivity index (χ4n) is 0. The molecule has 0 heterocycles. The Balaban J connectivity index is -0.00000000500. The summed E-state index contributed by atoms with van der Waals surface area (Å²) in [5, 5.41) is 0. The fraction of sp³-hybridized carbons (Fsp3) is 0. The molecule has 0 spiro atoms. The van der Waals surface area contributed by atoms with Gasteiger partial charge in [0, 0.05) is 44.8 Å². The summed E-state index contributed by atoms with van der Waals surface area (Å²) < 4.78 is 0. The first-order chi connectivity index (χ1) is 1.00. The van der Waals surface area contributed by atoms with Crippen molar-refractivity contribution in [2.24, 2.45) is 0 Å². The molecule has 30 valence electrons. The van der Waals surface area contributed by atoms with Gasteiger partial charge in [-0.1, -0.05) is 0 Å². The fourth-order valence-corrected chi connectivity index (χ4v) is 0. The summed E-state index contributed by atoms with van der Waals surface area (Å²) in [6.07, 6.45) is 0. The van der Waals surface area contributed by atoms with Gasteiger partial charge in [-0.15, -0.1) is 23.3 Å². The molecule has 2 radical (unpaired) electrons. The minimum atomic E-state index is 0. The zero-order chi connectivity index (χ0) is 2.00. The largest absolute Gasteiger partial charge is 0.115 e. The van der Waals surface area contributed by atoms with E-state index in [-0.39, 0.29) is 44.8 Å². The smallest absolute Gasteiger partial charge is 0 e. The van der Waals surface area contributed by atoms with Gasteiger partial charge >= 0.3 is 0 Å². The topological polar surface area (TPSA) is 0 Å². The van der Waals surface area contributed by atoms with Gasteiger partial charge in [-0.3, -0.25) is 0 Å². The normalized spacial score (nSPS) is 1.50. The van der Waals surface area contributed by atoms with Gasteiger partial charge in [0.15, 0.2) is 0 Å². The van der Waals surface area contributed by atoms with Gasteiger partial charge in [0.2, 0.25) is 0 Å². The number of hydrogen-bond donors (Lipinski definition) is 2. The Morgan fingerprint density at radius 3 is 1.00 bits per heavy atom. The van der Waals surface area contributed by atoms with E-state index in [0.717, 1.165) is 0 Å². The Bertz CT molecular complexity index is 6.00. The van der Waals surface area contributed by atoms with Gasteiger partial charge < -0.3 is 0 Å². The summed E-state index contributed by atoms with van der Waals surface area (Å²) in [4.78, 5) is 0. The van der Waals surface area contributed by atoms with Crippen molar-refractivity contribution in [1.29, 1.82) is 0 Å². The van der Waals surface area contributed by atoms with Crippen molar-refractivity contribution >= 4 is 23.3 Å². The third-order valence-electron chi connectivity index (χ3n) is 0. The van der Waals surface area contributed by atoms with Crippen LogP contribution in [0.2, 0.25) is 0 Å². The van der Waals surface area contributed by atoms with E-state index >= 15 is 0 Å². The molecule has 0 aromatic rings. The molecule has 0 aromatic heterocycles. The van der Waals surface area contributed by atoms with Crippen molar-refractivity contribution in [1.82, 2.24) is 0 Å². The maximum Gasteiger partial charge on any atom is 0 e. The summed E-state index contributed by atoms with van der Waals surface area (Å²) in [7, 11) is 0. The molecule has 0 amide bonds. The van der Waals surface area contributed by atoms with Gasteiger partial charge in [0.25, 0.3) is 0 Å². The molecule has 0 saturated heterocycles. The van der Waals surface area contributed by atoms with Crippen molar-refractivity contribution in [2.45, 2.75) is 0 Å². The van der Waals surface area contributed by atoms with E-state index in [1.165, 1.54) is 0 Å². The van der Waals surface area contributed by atoms with E-state index in [9.17, 15) is 0 Å². The molecule has 0 atom stereocenters. The van der Waals surface area contributed by atoms with E-state index in [2.05, 4.69) is 23.3 Å². The Morgan fingerprint density at radius 1 is 1.00 bits per heavy atom. The average Bonchev–Trinajstić information content (AvgIpc) is 1.00. The quantitative estimate of drug-likeness (QED) is 0.361. The van der Waals surface area contributed by atoms with Gasteiger partial charge in [0.1, 0.15) is 0 Å². The van der Waals surface area contributed by atoms with Gasteiger partial charge in [-0.2, -0.15) is 0 Å². The minimum absolute atomic E-state index is 0. The van der Waals surface area contributed by atoms with Crippen LogP contribution in [0.1, 0.15) is 0 Å². The van der Waals surface area contributed by atoms with Crippen LogP contribution in [0.15, 0.2) is 0 Å². The van der Waals surface area contributed by atoms with Crippen molar-refractivity contribution in [3.8, 4) is 0 Å². The molecule has 4 heteroatoms. The first kappa shape index (κ1) is 16.4. The summed E-state index contributed by atoms with van der Waals surface area (Å²) in [5.41, 5.74) is 0. The predicted molar refractivity (Wildman–Crippen MR) is 18.0 cm³/mol. The third kappa shape index (κ3) is 8.89. The Kier molecular flexibility index (Phi) is 78.1. The summed E-state index contributed by atoms with van der Waals surface area (Å²) >= 11 is 6.44. The number of rotatable bonds is 0. The van der Waals surface area contributed by atoms with Crippen LogP contribution in [-0.4, -0.2) is 0 Å². The standard InChI is InChI=1S/Ag.Nb.H2S2/c;;1-2/h;;1-2H. The molecule has 0 saturated carbocycles. The Hall–Kier alpha value is 2.18. The molecule has 0 aliphatic rings. The van der Waals surface area contributed by atoms with Crippen molar-refractivity contribution < 1.29 is 44.8 Å². The van der Waals surface area contributed by atoms with Crippen LogP contribution in [0, 0.1) is 0 Å². The van der Waals surface area contributed by atoms with E-state index in [1.54, 1.807) is 0 Å². The van der Waals surface area contributed by atoms with E-state index in [0.29, 0.717) is 0 Å². The first-order valence-corrected chi connectivity index (χ1v) is 1.80. The Morgan fingerprint density at radius 2 is 1.00 bits per heavy atom. The summed E-state index contributed by atoms with van der Waals surface area (Å²) in [6, 6.07) is 0. The molecule has 0 rings (SSSR count). The monoisotopic (exact) mass is 266 g/mol. The van der Waals surface area contributed by atoms with Crippen LogP contribution in [0.5, 0.6) is 0 Å². The second kappa shape index (κ2) is 19.0. The van der Waals surface area contributed by atoms with Gasteiger partial charge in [-0.25, -0.2) is 0 Å². The molecule has 0 aliphatic heterocycles. The van der Waals surface area contributed by atoms with Crippen molar-refractivity contribution in [3.63, 3.8) is 0 Å². The second-order valence-corrected chi connectivity index (χ2v) is 0. The van der Waals surface area contributed by atoms with Crippen LogP contribution in [0.3, 0.4) is 0 Å².